The van der Waals surface area contributed by atoms with Crippen LogP contribution < -0.4 is 0 Å². The maximum Gasteiger partial charge on any atom is 0.331 e. The summed E-state index contributed by atoms with van der Waals surface area (Å²) >= 11 is 0. The first-order valence-electron chi connectivity index (χ1n) is 7.39. The van der Waals surface area contributed by atoms with Gasteiger partial charge < -0.3 is 9.47 Å². The van der Waals surface area contributed by atoms with Crippen LogP contribution in [0.2, 0.25) is 0 Å². The molecule has 2 atom stereocenters. The standard InChI is InChI=1S/C16H21NO6/c1-12(5-4-10-22-13(2)18)23-16(19)9-8-14-6-3-7-15(11-14)17(20)21/h4-6,8-9,12,15H,3,7,10-11H2,1-2H3/b5-4-,9-8+/t12-,15?/m1/s1. The molecule has 1 rings (SSSR count). The third-order valence-corrected chi connectivity index (χ3v) is 3.20. The van der Waals surface area contributed by atoms with Crippen LogP contribution >= 0.6 is 0 Å². The van der Waals surface area contributed by atoms with E-state index in [4.69, 9.17) is 9.47 Å². The van der Waals surface area contributed by atoms with Crippen molar-refractivity contribution in [2.24, 2.45) is 0 Å². The van der Waals surface area contributed by atoms with E-state index < -0.39 is 18.1 Å². The van der Waals surface area contributed by atoms with Crippen LogP contribution in [0.5, 0.6) is 0 Å². The van der Waals surface area contributed by atoms with Crippen LogP contribution in [-0.4, -0.2) is 35.6 Å². The number of rotatable bonds is 7. The number of nitrogens with zero attached hydrogens (tertiary/aromatic N) is 1. The van der Waals surface area contributed by atoms with Crippen LogP contribution in [0.4, 0.5) is 0 Å². The minimum absolute atomic E-state index is 0.127. The molecule has 1 aliphatic carbocycles. The molecule has 0 amide bonds. The van der Waals surface area contributed by atoms with Gasteiger partial charge in [0.2, 0.25) is 6.04 Å². The number of esters is 2. The molecule has 1 unspecified atom stereocenters. The van der Waals surface area contributed by atoms with Gasteiger partial charge >= 0.3 is 11.9 Å². The minimum Gasteiger partial charge on any atom is -0.462 e. The van der Waals surface area contributed by atoms with Gasteiger partial charge in [-0.25, -0.2) is 4.79 Å². The van der Waals surface area contributed by atoms with E-state index in [0.29, 0.717) is 19.3 Å². The van der Waals surface area contributed by atoms with Crippen LogP contribution in [0.25, 0.3) is 0 Å². The highest BCUT2D eigenvalue weighted by Gasteiger charge is 2.23. The lowest BCUT2D eigenvalue weighted by Crippen LogP contribution is -2.22. The second-order valence-electron chi connectivity index (χ2n) is 5.21. The number of ether oxygens (including phenoxy) is 2. The quantitative estimate of drug-likeness (QED) is 0.235. The Morgan fingerprint density at radius 1 is 1.52 bits per heavy atom. The van der Waals surface area contributed by atoms with E-state index in [2.05, 4.69) is 0 Å². The van der Waals surface area contributed by atoms with E-state index in [1.165, 1.54) is 13.0 Å². The Morgan fingerprint density at radius 3 is 2.91 bits per heavy atom. The largest absolute Gasteiger partial charge is 0.462 e. The first-order valence-corrected chi connectivity index (χ1v) is 7.39. The third kappa shape index (κ3) is 7.94. The lowest BCUT2D eigenvalue weighted by Gasteiger charge is -2.14. The van der Waals surface area contributed by atoms with E-state index in [0.717, 1.165) is 5.57 Å². The van der Waals surface area contributed by atoms with Gasteiger partial charge in [-0.2, -0.15) is 0 Å². The molecule has 0 saturated carbocycles. The van der Waals surface area contributed by atoms with Crippen LogP contribution in [0.15, 0.2) is 36.0 Å². The molecule has 0 fully saturated rings. The number of carbonyl (C=O) groups excluding carboxylic acids is 2. The van der Waals surface area contributed by atoms with Crippen molar-refractivity contribution in [1.82, 2.24) is 0 Å². The molecule has 0 spiro atoms. The molecule has 126 valence electrons. The number of hydrogen-bond donors (Lipinski definition) is 0. The van der Waals surface area contributed by atoms with Gasteiger partial charge in [-0.05, 0) is 31.1 Å². The Kier molecular flexibility index (Phi) is 7.73. The number of nitro groups is 1. The molecule has 0 aromatic rings. The minimum atomic E-state index is -0.584. The van der Waals surface area contributed by atoms with E-state index in [-0.39, 0.29) is 17.5 Å². The molecule has 7 heteroatoms. The Hall–Kier alpha value is -2.44. The Morgan fingerprint density at radius 2 is 2.26 bits per heavy atom. The zero-order chi connectivity index (χ0) is 17.2. The van der Waals surface area contributed by atoms with Crippen LogP contribution in [0.3, 0.4) is 0 Å². The SMILES string of the molecule is CC(=O)OC/C=C\[C@@H](C)OC(=O)/C=C/C1=CCCC([N+](=O)[O-])C1. The Labute approximate surface area is 134 Å². The second kappa shape index (κ2) is 9.55. The predicted octanol–water partition coefficient (Wildman–Crippen LogP) is 2.35. The van der Waals surface area contributed by atoms with E-state index >= 15 is 0 Å². The summed E-state index contributed by atoms with van der Waals surface area (Å²) in [7, 11) is 0. The first kappa shape index (κ1) is 18.6. The summed E-state index contributed by atoms with van der Waals surface area (Å²) in [6.45, 7) is 3.12. The topological polar surface area (TPSA) is 95.7 Å². The number of carbonyl (C=O) groups is 2. The summed E-state index contributed by atoms with van der Waals surface area (Å²) in [6.07, 6.45) is 8.95. The van der Waals surface area contributed by atoms with Gasteiger partial charge in [-0.15, -0.1) is 0 Å². The van der Waals surface area contributed by atoms with Gasteiger partial charge in [0.25, 0.3) is 0 Å². The van der Waals surface area contributed by atoms with Crippen molar-refractivity contribution in [3.63, 3.8) is 0 Å². The van der Waals surface area contributed by atoms with Crippen molar-refractivity contribution in [3.05, 3.63) is 46.1 Å². The maximum absolute atomic E-state index is 11.7. The van der Waals surface area contributed by atoms with Crippen LogP contribution in [0.1, 0.15) is 33.1 Å². The first-order chi connectivity index (χ1) is 10.9. The predicted molar refractivity (Wildman–Crippen MR) is 83.2 cm³/mol. The lowest BCUT2D eigenvalue weighted by atomic mass is 9.95. The van der Waals surface area contributed by atoms with Crippen molar-refractivity contribution in [3.8, 4) is 0 Å². The van der Waals surface area contributed by atoms with Gasteiger partial charge in [-0.1, -0.05) is 12.2 Å². The van der Waals surface area contributed by atoms with Crippen LogP contribution in [0, 0.1) is 10.1 Å². The fourth-order valence-corrected chi connectivity index (χ4v) is 2.08. The zero-order valence-corrected chi connectivity index (χ0v) is 13.3. The fourth-order valence-electron chi connectivity index (χ4n) is 2.08. The molecule has 0 N–H and O–H groups in total. The average Bonchev–Trinajstić information content (AvgIpc) is 2.49. The highest BCUT2D eigenvalue weighted by molar-refractivity contribution is 5.82. The molecule has 23 heavy (non-hydrogen) atoms. The summed E-state index contributed by atoms with van der Waals surface area (Å²) in [5.74, 6) is -0.908. The highest BCUT2D eigenvalue weighted by Crippen LogP contribution is 2.21. The monoisotopic (exact) mass is 323 g/mol. The van der Waals surface area contributed by atoms with Gasteiger partial charge in [0.05, 0.1) is 0 Å². The molecule has 0 aromatic carbocycles. The summed E-state index contributed by atoms with van der Waals surface area (Å²) in [6, 6.07) is -0.584. The van der Waals surface area contributed by atoms with Crippen LogP contribution in [-0.2, 0) is 19.1 Å². The molecular formula is C16H21NO6. The van der Waals surface area contributed by atoms with Crippen molar-refractivity contribution in [2.75, 3.05) is 6.61 Å². The summed E-state index contributed by atoms with van der Waals surface area (Å²) in [5.41, 5.74) is 0.771. The molecule has 0 bridgehead atoms. The van der Waals surface area contributed by atoms with Gasteiger partial charge in [0.1, 0.15) is 12.7 Å². The normalized spacial score (nSPS) is 19.4. The zero-order valence-electron chi connectivity index (χ0n) is 13.3. The van der Waals surface area contributed by atoms with E-state index in [9.17, 15) is 19.7 Å². The third-order valence-electron chi connectivity index (χ3n) is 3.20. The molecule has 0 aromatic heterocycles. The van der Waals surface area contributed by atoms with E-state index in [1.54, 1.807) is 25.2 Å². The van der Waals surface area contributed by atoms with Crippen molar-refractivity contribution >= 4 is 11.9 Å². The average molecular weight is 323 g/mol. The highest BCUT2D eigenvalue weighted by atomic mass is 16.6. The molecule has 0 aliphatic heterocycles. The molecule has 1 aliphatic rings. The van der Waals surface area contributed by atoms with Gasteiger partial charge in [-0.3, -0.25) is 14.9 Å². The maximum atomic E-state index is 11.7. The van der Waals surface area contributed by atoms with Crippen molar-refractivity contribution < 1.29 is 24.0 Å². The lowest BCUT2D eigenvalue weighted by molar-refractivity contribution is -0.523. The summed E-state index contributed by atoms with van der Waals surface area (Å²) < 4.78 is 9.82. The second-order valence-corrected chi connectivity index (χ2v) is 5.21. The van der Waals surface area contributed by atoms with Gasteiger partial charge in [0, 0.05) is 30.8 Å². The fraction of sp³-hybridized carbons (Fsp3) is 0.500. The molecular weight excluding hydrogens is 302 g/mol. The summed E-state index contributed by atoms with van der Waals surface area (Å²) in [5, 5.41) is 10.8. The molecule has 7 nitrogen and oxygen atoms in total. The van der Waals surface area contributed by atoms with Gasteiger partial charge in [0.15, 0.2) is 0 Å². The Balaban J connectivity index is 2.39. The summed E-state index contributed by atoms with van der Waals surface area (Å²) in [4.78, 5) is 32.7. The van der Waals surface area contributed by atoms with E-state index in [1.807, 2.05) is 6.08 Å². The molecule has 0 heterocycles. The molecule has 0 radical (unpaired) electrons. The Bertz CT molecular complexity index is 535. The smallest absolute Gasteiger partial charge is 0.331 e. The van der Waals surface area contributed by atoms with Crippen molar-refractivity contribution in [1.29, 1.82) is 0 Å². The molecule has 0 saturated heterocycles. The number of hydrogen-bond acceptors (Lipinski definition) is 6. The number of allylic oxidation sites excluding steroid dienone is 2. The van der Waals surface area contributed by atoms with Crippen molar-refractivity contribution in [2.45, 2.75) is 45.3 Å².